The zero-order chi connectivity index (χ0) is 20.8. The lowest BCUT2D eigenvalue weighted by atomic mass is 9.91. The van der Waals surface area contributed by atoms with Gasteiger partial charge < -0.3 is 15.0 Å². The number of fused-ring (bicyclic) bond motifs is 6. The minimum atomic E-state index is -0.324. The van der Waals surface area contributed by atoms with Gasteiger partial charge in [0.2, 0.25) is 0 Å². The van der Waals surface area contributed by atoms with Crippen LogP contribution in [0.25, 0.3) is 22.0 Å². The number of aryl methyl sites for hydroxylation is 1. The molecule has 6 rings (SSSR count). The maximum atomic E-state index is 12.7. The molecular formula is C27H24N2O2. The normalized spacial score (nSPS) is 17.1. The first-order valence-electron chi connectivity index (χ1n) is 11.0. The molecule has 1 atom stereocenters. The molecule has 0 radical (unpaired) electrons. The number of aromatic amines is 1. The van der Waals surface area contributed by atoms with E-state index in [9.17, 15) is 4.79 Å². The average molecular weight is 409 g/mol. The molecule has 2 aliphatic carbocycles. The molecule has 154 valence electrons. The largest absolute Gasteiger partial charge is 0.449 e. The number of aromatic nitrogens is 1. The third-order valence-electron chi connectivity index (χ3n) is 6.76. The number of hydrogen-bond acceptors (Lipinski definition) is 2. The van der Waals surface area contributed by atoms with E-state index in [0.29, 0.717) is 6.61 Å². The summed E-state index contributed by atoms with van der Waals surface area (Å²) in [5.41, 5.74) is 8.75. The van der Waals surface area contributed by atoms with Crippen LogP contribution in [-0.2, 0) is 17.6 Å². The van der Waals surface area contributed by atoms with Crippen LogP contribution in [0.3, 0.4) is 0 Å². The van der Waals surface area contributed by atoms with Crippen LogP contribution >= 0.6 is 0 Å². The summed E-state index contributed by atoms with van der Waals surface area (Å²) in [7, 11) is 0. The second-order valence-corrected chi connectivity index (χ2v) is 8.54. The van der Waals surface area contributed by atoms with E-state index in [1.54, 1.807) is 0 Å². The number of benzene rings is 3. The van der Waals surface area contributed by atoms with Crippen LogP contribution in [0.1, 0.15) is 34.7 Å². The van der Waals surface area contributed by atoms with Crippen molar-refractivity contribution in [1.29, 1.82) is 0 Å². The first-order chi connectivity index (χ1) is 15.3. The summed E-state index contributed by atoms with van der Waals surface area (Å²) in [4.78, 5) is 16.2. The third kappa shape index (κ3) is 3.10. The zero-order valence-electron chi connectivity index (χ0n) is 17.2. The van der Waals surface area contributed by atoms with Gasteiger partial charge in [-0.1, -0.05) is 66.7 Å². The quantitative estimate of drug-likeness (QED) is 0.466. The van der Waals surface area contributed by atoms with Crippen molar-refractivity contribution in [1.82, 2.24) is 10.3 Å². The Morgan fingerprint density at radius 1 is 0.935 bits per heavy atom. The molecule has 0 saturated carbocycles. The van der Waals surface area contributed by atoms with Crippen LogP contribution in [0, 0.1) is 0 Å². The molecule has 0 fully saturated rings. The molecular weight excluding hydrogens is 384 g/mol. The Balaban J connectivity index is 1.15. The number of amides is 1. The highest BCUT2D eigenvalue weighted by Gasteiger charge is 2.30. The Morgan fingerprint density at radius 3 is 2.39 bits per heavy atom. The lowest BCUT2D eigenvalue weighted by Gasteiger charge is -2.24. The van der Waals surface area contributed by atoms with Gasteiger partial charge in [0.1, 0.15) is 6.61 Å². The maximum absolute atomic E-state index is 12.7. The Morgan fingerprint density at radius 2 is 1.61 bits per heavy atom. The van der Waals surface area contributed by atoms with Gasteiger partial charge in [-0.05, 0) is 53.1 Å². The van der Waals surface area contributed by atoms with Crippen LogP contribution in [0.15, 0.2) is 72.8 Å². The molecule has 4 nitrogen and oxygen atoms in total. The molecule has 1 unspecified atom stereocenters. The Hall–Kier alpha value is -3.53. The van der Waals surface area contributed by atoms with Gasteiger partial charge in [0, 0.05) is 28.6 Å². The second-order valence-electron chi connectivity index (χ2n) is 8.54. The standard InChI is InChI=1S/C27H24N2O2/c30-27(28-17-13-14-26-23(15-17)22-11-5-6-12-25(22)29-26)31-16-24-20-9-3-1-7-18(20)19-8-2-4-10-21(19)24/h1-12,17,24,29H,13-16H2,(H,28,30). The fourth-order valence-corrected chi connectivity index (χ4v) is 5.30. The minimum Gasteiger partial charge on any atom is -0.449 e. The van der Waals surface area contributed by atoms with E-state index in [4.69, 9.17) is 4.74 Å². The van der Waals surface area contributed by atoms with Crippen molar-refractivity contribution in [2.75, 3.05) is 6.61 Å². The molecule has 2 aliphatic rings. The summed E-state index contributed by atoms with van der Waals surface area (Å²) < 4.78 is 5.74. The number of carbonyl (C=O) groups is 1. The van der Waals surface area contributed by atoms with E-state index >= 15 is 0 Å². The molecule has 1 heterocycles. The summed E-state index contributed by atoms with van der Waals surface area (Å²) >= 11 is 0. The maximum Gasteiger partial charge on any atom is 0.407 e. The third-order valence-corrected chi connectivity index (χ3v) is 6.76. The van der Waals surface area contributed by atoms with Gasteiger partial charge >= 0.3 is 6.09 Å². The van der Waals surface area contributed by atoms with Gasteiger partial charge in [-0.2, -0.15) is 0 Å². The lowest BCUT2D eigenvalue weighted by molar-refractivity contribution is 0.138. The Labute approximate surface area is 181 Å². The fraction of sp³-hybridized carbons (Fsp3) is 0.222. The molecule has 0 spiro atoms. The summed E-state index contributed by atoms with van der Waals surface area (Å²) in [6, 6.07) is 25.3. The molecule has 4 aromatic rings. The van der Waals surface area contributed by atoms with Crippen molar-refractivity contribution >= 4 is 17.0 Å². The lowest BCUT2D eigenvalue weighted by Crippen LogP contribution is -2.39. The summed E-state index contributed by atoms with van der Waals surface area (Å²) in [6.45, 7) is 0.352. The van der Waals surface area contributed by atoms with Gasteiger partial charge in [-0.25, -0.2) is 4.79 Å². The van der Waals surface area contributed by atoms with Crippen LogP contribution in [0.2, 0.25) is 0 Å². The van der Waals surface area contributed by atoms with Crippen molar-refractivity contribution in [2.45, 2.75) is 31.2 Å². The van der Waals surface area contributed by atoms with Crippen LogP contribution in [-0.4, -0.2) is 23.7 Å². The molecule has 31 heavy (non-hydrogen) atoms. The minimum absolute atomic E-state index is 0.0877. The Kier molecular flexibility index (Phi) is 4.30. The van der Waals surface area contributed by atoms with E-state index in [2.05, 4.69) is 83.1 Å². The molecule has 1 amide bonds. The monoisotopic (exact) mass is 408 g/mol. The van der Waals surface area contributed by atoms with E-state index in [-0.39, 0.29) is 18.1 Å². The first-order valence-corrected chi connectivity index (χ1v) is 11.0. The SMILES string of the molecule is O=C(NC1CCc2[nH]c3ccccc3c2C1)OCC1c2ccccc2-c2ccccc21. The van der Waals surface area contributed by atoms with Crippen LogP contribution < -0.4 is 5.32 Å². The number of nitrogens with one attached hydrogen (secondary N) is 2. The second kappa shape index (κ2) is 7.31. The molecule has 4 heteroatoms. The van der Waals surface area contributed by atoms with E-state index in [1.807, 2.05) is 0 Å². The summed E-state index contributed by atoms with van der Waals surface area (Å²) in [6.07, 6.45) is 2.38. The predicted molar refractivity (Wildman–Crippen MR) is 122 cm³/mol. The van der Waals surface area contributed by atoms with E-state index < -0.39 is 0 Å². The number of rotatable bonds is 3. The highest BCUT2D eigenvalue weighted by molar-refractivity contribution is 5.85. The average Bonchev–Trinajstić information content (AvgIpc) is 3.33. The first kappa shape index (κ1) is 18.3. The molecule has 0 bridgehead atoms. The molecule has 1 aromatic heterocycles. The summed E-state index contributed by atoms with van der Waals surface area (Å²) in [5, 5.41) is 4.37. The number of H-pyrrole nitrogens is 1. The van der Waals surface area contributed by atoms with Crippen molar-refractivity contribution in [2.24, 2.45) is 0 Å². The number of ether oxygens (including phenoxy) is 1. The van der Waals surface area contributed by atoms with E-state index in [0.717, 1.165) is 19.3 Å². The molecule has 0 saturated heterocycles. The number of hydrogen-bond donors (Lipinski definition) is 2. The van der Waals surface area contributed by atoms with Gasteiger partial charge in [-0.15, -0.1) is 0 Å². The highest BCUT2D eigenvalue weighted by Crippen LogP contribution is 2.44. The van der Waals surface area contributed by atoms with Crippen LogP contribution in [0.5, 0.6) is 0 Å². The highest BCUT2D eigenvalue weighted by atomic mass is 16.5. The van der Waals surface area contributed by atoms with Crippen molar-refractivity contribution < 1.29 is 9.53 Å². The van der Waals surface area contributed by atoms with Gasteiger partial charge in [-0.3, -0.25) is 0 Å². The molecule has 0 aliphatic heterocycles. The number of para-hydroxylation sites is 1. The molecule has 3 aromatic carbocycles. The zero-order valence-corrected chi connectivity index (χ0v) is 17.2. The van der Waals surface area contributed by atoms with Crippen LogP contribution in [0.4, 0.5) is 4.79 Å². The van der Waals surface area contributed by atoms with Crippen molar-refractivity contribution in [3.8, 4) is 11.1 Å². The topological polar surface area (TPSA) is 54.1 Å². The molecule has 2 N–H and O–H groups in total. The summed E-state index contributed by atoms with van der Waals surface area (Å²) in [5.74, 6) is 0.0877. The predicted octanol–water partition coefficient (Wildman–Crippen LogP) is 5.56. The number of alkyl carbamates (subject to hydrolysis) is 1. The van der Waals surface area contributed by atoms with Crippen molar-refractivity contribution in [3.05, 3.63) is 95.2 Å². The van der Waals surface area contributed by atoms with Gasteiger partial charge in [0.25, 0.3) is 0 Å². The van der Waals surface area contributed by atoms with Gasteiger partial charge in [0.15, 0.2) is 0 Å². The number of carbonyl (C=O) groups excluding carboxylic acids is 1. The smallest absolute Gasteiger partial charge is 0.407 e. The Bertz CT molecular complexity index is 1240. The van der Waals surface area contributed by atoms with Crippen molar-refractivity contribution in [3.63, 3.8) is 0 Å². The fourth-order valence-electron chi connectivity index (χ4n) is 5.30. The van der Waals surface area contributed by atoms with Gasteiger partial charge in [0.05, 0.1) is 0 Å². The van der Waals surface area contributed by atoms with E-state index in [1.165, 1.54) is 44.4 Å².